The maximum atomic E-state index is 11.7. The number of aromatic amines is 1. The number of aromatic nitrogens is 6. The number of anilines is 1. The number of rotatable bonds is 4. The average molecular weight is 415 g/mol. The Labute approximate surface area is 177 Å². The van der Waals surface area contributed by atoms with Crippen molar-refractivity contribution in [2.45, 2.75) is 31.8 Å². The van der Waals surface area contributed by atoms with Gasteiger partial charge in [0.15, 0.2) is 11.6 Å². The average Bonchev–Trinajstić information content (AvgIpc) is 3.09. The zero-order valence-corrected chi connectivity index (χ0v) is 17.2. The van der Waals surface area contributed by atoms with Crippen LogP contribution in [-0.2, 0) is 7.05 Å². The van der Waals surface area contributed by atoms with Crippen LogP contribution in [0.5, 0.6) is 0 Å². The molecule has 4 aromatic rings. The molecule has 3 atom stereocenters. The first kappa shape index (κ1) is 18.1. The minimum absolute atomic E-state index is 0.0825. The lowest BCUT2D eigenvalue weighted by molar-refractivity contribution is 0.412. The van der Waals surface area contributed by atoms with Crippen molar-refractivity contribution in [1.29, 1.82) is 0 Å². The van der Waals surface area contributed by atoms with Gasteiger partial charge < -0.3 is 9.42 Å². The van der Waals surface area contributed by atoms with Crippen molar-refractivity contribution < 1.29 is 4.52 Å². The highest BCUT2D eigenvalue weighted by molar-refractivity contribution is 5.60. The fourth-order valence-electron chi connectivity index (χ4n) is 4.68. The van der Waals surface area contributed by atoms with Crippen molar-refractivity contribution in [2.24, 2.45) is 13.0 Å². The number of hydrogen-bond donors (Lipinski definition) is 1. The van der Waals surface area contributed by atoms with Crippen LogP contribution in [-0.4, -0.2) is 36.2 Å². The van der Waals surface area contributed by atoms with Gasteiger partial charge in [-0.25, -0.2) is 5.10 Å². The van der Waals surface area contributed by atoms with Gasteiger partial charge >= 0.3 is 0 Å². The summed E-state index contributed by atoms with van der Waals surface area (Å²) in [6, 6.07) is 12.2. The van der Waals surface area contributed by atoms with Crippen LogP contribution in [0.25, 0.3) is 22.7 Å². The molecule has 1 saturated heterocycles. The summed E-state index contributed by atoms with van der Waals surface area (Å²) in [5.41, 5.74) is 3.48. The van der Waals surface area contributed by atoms with Crippen molar-refractivity contribution in [3.63, 3.8) is 0 Å². The first-order valence-electron chi connectivity index (χ1n) is 10.3. The van der Waals surface area contributed by atoms with Crippen molar-refractivity contribution in [2.75, 3.05) is 4.90 Å². The number of H-pyrrole nitrogens is 1. The number of benzene rings is 1. The maximum absolute atomic E-state index is 11.7. The van der Waals surface area contributed by atoms with E-state index >= 15 is 0 Å². The molecule has 2 fully saturated rings. The number of hydrogen-bond acceptors (Lipinski definition) is 7. The summed E-state index contributed by atoms with van der Waals surface area (Å²) in [7, 11) is 1.92. The fourth-order valence-corrected chi connectivity index (χ4v) is 4.68. The lowest BCUT2D eigenvalue weighted by Gasteiger charge is -2.26. The molecule has 0 radical (unpaired) electrons. The second-order valence-electron chi connectivity index (χ2n) is 8.42. The van der Waals surface area contributed by atoms with Crippen LogP contribution in [0.3, 0.4) is 0 Å². The molecule has 0 spiro atoms. The number of nitrogens with zero attached hydrogens (tertiary/aromatic N) is 6. The predicted octanol–water partition coefficient (Wildman–Crippen LogP) is 2.87. The van der Waals surface area contributed by atoms with Crippen molar-refractivity contribution in [3.05, 3.63) is 64.2 Å². The first-order chi connectivity index (χ1) is 15.1. The zero-order valence-electron chi connectivity index (χ0n) is 17.2. The third-order valence-corrected chi connectivity index (χ3v) is 6.28. The van der Waals surface area contributed by atoms with E-state index in [4.69, 9.17) is 4.52 Å². The van der Waals surface area contributed by atoms with Gasteiger partial charge in [-0.1, -0.05) is 28.9 Å². The van der Waals surface area contributed by atoms with Gasteiger partial charge in [0, 0.05) is 36.3 Å². The Bertz CT molecular complexity index is 1340. The van der Waals surface area contributed by atoms with Gasteiger partial charge in [0.25, 0.3) is 5.56 Å². The Morgan fingerprint density at radius 2 is 2.03 bits per heavy atom. The molecular weight excluding hydrogens is 394 g/mol. The summed E-state index contributed by atoms with van der Waals surface area (Å²) in [6.07, 6.45) is 3.75. The van der Waals surface area contributed by atoms with E-state index in [1.807, 2.05) is 29.8 Å². The normalized spacial score (nSPS) is 22.0. The summed E-state index contributed by atoms with van der Waals surface area (Å²) in [4.78, 5) is 14.0. The van der Waals surface area contributed by atoms with Gasteiger partial charge in [-0.3, -0.25) is 9.36 Å². The standard InChI is InChI=1S/C22H21N7O2/c1-12-4-3-5-13(6-12)19-10-16(27-31-19)18-8-14-7-17(14)29(18)22-26-25-21(28(22)2)15-9-20(30)24-23-11-15/h3-6,9-11,14,17-18H,7-8H2,1-2H3,(H,24,30)/t14-,17-,18-/m1/s1. The van der Waals surface area contributed by atoms with E-state index in [2.05, 4.69) is 49.5 Å². The number of aryl methyl sites for hydroxylation is 1. The summed E-state index contributed by atoms with van der Waals surface area (Å²) in [5, 5.41) is 19.5. The molecular formula is C22H21N7O2. The molecule has 9 heteroatoms. The summed E-state index contributed by atoms with van der Waals surface area (Å²) in [6.45, 7) is 2.06. The number of piperidine rings is 1. The van der Waals surface area contributed by atoms with Crippen LogP contribution in [0, 0.1) is 12.8 Å². The smallest absolute Gasteiger partial charge is 0.264 e. The highest BCUT2D eigenvalue weighted by atomic mass is 16.5. The summed E-state index contributed by atoms with van der Waals surface area (Å²) in [5.74, 6) is 2.78. The minimum atomic E-state index is -0.269. The molecule has 0 bridgehead atoms. The Balaban J connectivity index is 1.35. The van der Waals surface area contributed by atoms with Crippen LogP contribution in [0.1, 0.15) is 30.1 Å². The lowest BCUT2D eigenvalue weighted by Crippen LogP contribution is -2.29. The van der Waals surface area contributed by atoms with Crippen molar-refractivity contribution in [3.8, 4) is 22.7 Å². The molecule has 4 heterocycles. The summed E-state index contributed by atoms with van der Waals surface area (Å²) >= 11 is 0. The zero-order chi connectivity index (χ0) is 21.1. The number of fused-ring (bicyclic) bond motifs is 1. The SMILES string of the molecule is Cc1cccc(-c2cc([C@H]3C[C@H]4C[C@H]4N3c3nnc(-c4cn[nH]c(=O)c4)n3C)no2)c1. The van der Waals surface area contributed by atoms with E-state index in [-0.39, 0.29) is 11.6 Å². The van der Waals surface area contributed by atoms with E-state index in [1.165, 1.54) is 11.6 Å². The highest BCUT2D eigenvalue weighted by Gasteiger charge is 2.54. The maximum Gasteiger partial charge on any atom is 0.264 e. The third kappa shape index (κ3) is 2.96. The van der Waals surface area contributed by atoms with Crippen molar-refractivity contribution >= 4 is 5.95 Å². The quantitative estimate of drug-likeness (QED) is 0.546. The topological polar surface area (TPSA) is 106 Å². The first-order valence-corrected chi connectivity index (χ1v) is 10.3. The monoisotopic (exact) mass is 415 g/mol. The van der Waals surface area contributed by atoms with E-state index in [0.717, 1.165) is 35.8 Å². The number of nitrogens with one attached hydrogen (secondary N) is 1. The Morgan fingerprint density at radius 1 is 1.13 bits per heavy atom. The molecule has 2 aliphatic rings. The van der Waals surface area contributed by atoms with Gasteiger partial charge in [0.1, 0.15) is 5.69 Å². The molecule has 0 unspecified atom stereocenters. The molecule has 1 aromatic carbocycles. The van der Waals surface area contributed by atoms with Gasteiger partial charge in [-0.15, -0.1) is 10.2 Å². The van der Waals surface area contributed by atoms with Gasteiger partial charge in [-0.2, -0.15) is 5.10 Å². The molecule has 9 nitrogen and oxygen atoms in total. The van der Waals surface area contributed by atoms with Gasteiger partial charge in [0.2, 0.25) is 5.95 Å². The molecule has 156 valence electrons. The van der Waals surface area contributed by atoms with E-state index in [0.29, 0.717) is 23.3 Å². The predicted molar refractivity (Wildman–Crippen MR) is 113 cm³/mol. The largest absolute Gasteiger partial charge is 0.356 e. The molecule has 1 aliphatic carbocycles. The molecule has 1 aliphatic heterocycles. The summed E-state index contributed by atoms with van der Waals surface area (Å²) < 4.78 is 7.63. The Morgan fingerprint density at radius 3 is 2.87 bits per heavy atom. The van der Waals surface area contributed by atoms with Crippen LogP contribution >= 0.6 is 0 Å². The molecule has 6 rings (SSSR count). The van der Waals surface area contributed by atoms with E-state index in [9.17, 15) is 4.79 Å². The second-order valence-corrected chi connectivity index (χ2v) is 8.42. The highest BCUT2D eigenvalue weighted by Crippen LogP contribution is 2.54. The van der Waals surface area contributed by atoms with Crippen LogP contribution in [0.2, 0.25) is 0 Å². The van der Waals surface area contributed by atoms with Crippen molar-refractivity contribution in [1.82, 2.24) is 30.1 Å². The van der Waals surface area contributed by atoms with Crippen LogP contribution in [0.4, 0.5) is 5.95 Å². The van der Waals surface area contributed by atoms with Gasteiger partial charge in [-0.05, 0) is 31.7 Å². The van der Waals surface area contributed by atoms with E-state index in [1.54, 1.807) is 6.20 Å². The van der Waals surface area contributed by atoms with Gasteiger partial charge in [0.05, 0.1) is 12.2 Å². The molecule has 1 saturated carbocycles. The molecule has 0 amide bonds. The van der Waals surface area contributed by atoms with Crippen LogP contribution in [0.15, 0.2) is 51.9 Å². The minimum Gasteiger partial charge on any atom is -0.356 e. The third-order valence-electron chi connectivity index (χ3n) is 6.28. The fraction of sp³-hybridized carbons (Fsp3) is 0.318. The lowest BCUT2D eigenvalue weighted by atomic mass is 10.1. The molecule has 3 aromatic heterocycles. The Hall–Kier alpha value is -3.75. The molecule has 1 N–H and O–H groups in total. The van der Waals surface area contributed by atoms with E-state index < -0.39 is 0 Å². The second kappa shape index (κ2) is 6.63. The van der Waals surface area contributed by atoms with Crippen LogP contribution < -0.4 is 10.5 Å². The molecule has 31 heavy (non-hydrogen) atoms. The Kier molecular flexibility index (Phi) is 3.86.